The Hall–Kier alpha value is -2.67. The molecule has 2 N–H and O–H groups in total. The quantitative estimate of drug-likeness (QED) is 0.868. The number of halogens is 1. The van der Waals surface area contributed by atoms with Crippen LogP contribution in [0.3, 0.4) is 0 Å². The average Bonchev–Trinajstić information content (AvgIpc) is 3.11. The molecular weight excluding hydrogens is 329 g/mol. The predicted molar refractivity (Wildman–Crippen MR) is 86.5 cm³/mol. The number of hydrogen-bond acceptors (Lipinski definition) is 4. The second-order valence-electron chi connectivity index (χ2n) is 5.94. The number of carboxylic acid groups (broad SMARTS) is 1. The summed E-state index contributed by atoms with van der Waals surface area (Å²) in [5.41, 5.74) is 0.621. The van der Waals surface area contributed by atoms with Crippen LogP contribution in [0.5, 0.6) is 0 Å². The standard InChI is InChI=1S/C18H18FNO5/c19-13-5-3-11(4-6-13)14-7-8-15(25-14)17(21)20-16(18(22)23)12-2-1-9-24-10-12/h3-8,12,16H,1-2,9-10H2,(H,20,21)(H,22,23). The van der Waals surface area contributed by atoms with Crippen LogP contribution >= 0.6 is 0 Å². The predicted octanol–water partition coefficient (Wildman–Crippen LogP) is 2.70. The molecule has 0 aliphatic carbocycles. The molecule has 3 rings (SSSR count). The van der Waals surface area contributed by atoms with Crippen molar-refractivity contribution in [2.45, 2.75) is 18.9 Å². The van der Waals surface area contributed by atoms with Crippen LogP contribution in [-0.2, 0) is 9.53 Å². The van der Waals surface area contributed by atoms with Crippen LogP contribution in [0.25, 0.3) is 11.3 Å². The fourth-order valence-corrected chi connectivity index (χ4v) is 2.85. The maximum Gasteiger partial charge on any atom is 0.326 e. The van der Waals surface area contributed by atoms with Gasteiger partial charge in [0.15, 0.2) is 5.76 Å². The van der Waals surface area contributed by atoms with Gasteiger partial charge in [0.1, 0.15) is 17.6 Å². The topological polar surface area (TPSA) is 88.8 Å². The maximum absolute atomic E-state index is 13.0. The van der Waals surface area contributed by atoms with E-state index in [9.17, 15) is 19.1 Å². The number of carbonyl (C=O) groups is 2. The number of nitrogens with one attached hydrogen (secondary N) is 1. The summed E-state index contributed by atoms with van der Waals surface area (Å²) in [5, 5.41) is 11.9. The highest BCUT2D eigenvalue weighted by Crippen LogP contribution is 2.23. The minimum atomic E-state index is -1.10. The van der Waals surface area contributed by atoms with E-state index >= 15 is 0 Å². The third kappa shape index (κ3) is 4.06. The van der Waals surface area contributed by atoms with Crippen molar-refractivity contribution in [2.75, 3.05) is 13.2 Å². The van der Waals surface area contributed by atoms with Gasteiger partial charge in [-0.15, -0.1) is 0 Å². The normalized spacial score (nSPS) is 18.5. The van der Waals surface area contributed by atoms with Gasteiger partial charge in [0.2, 0.25) is 0 Å². The lowest BCUT2D eigenvalue weighted by Crippen LogP contribution is -2.48. The zero-order valence-electron chi connectivity index (χ0n) is 13.4. The van der Waals surface area contributed by atoms with Crippen LogP contribution in [0.15, 0.2) is 40.8 Å². The molecule has 6 nitrogen and oxygen atoms in total. The number of amides is 1. The van der Waals surface area contributed by atoms with Gasteiger partial charge in [0, 0.05) is 18.1 Å². The highest BCUT2D eigenvalue weighted by atomic mass is 19.1. The Kier molecular flexibility index (Phi) is 5.14. The van der Waals surface area contributed by atoms with Crippen molar-refractivity contribution in [3.63, 3.8) is 0 Å². The van der Waals surface area contributed by atoms with E-state index < -0.39 is 17.9 Å². The number of carbonyl (C=O) groups excluding carboxylic acids is 1. The molecule has 1 aromatic heterocycles. The monoisotopic (exact) mass is 347 g/mol. The van der Waals surface area contributed by atoms with Gasteiger partial charge in [-0.25, -0.2) is 9.18 Å². The zero-order valence-corrected chi connectivity index (χ0v) is 13.4. The van der Waals surface area contributed by atoms with Gasteiger partial charge >= 0.3 is 5.97 Å². The van der Waals surface area contributed by atoms with Crippen molar-refractivity contribution in [3.8, 4) is 11.3 Å². The first-order valence-corrected chi connectivity index (χ1v) is 8.02. The Balaban J connectivity index is 1.71. The summed E-state index contributed by atoms with van der Waals surface area (Å²) in [7, 11) is 0. The number of benzene rings is 1. The Bertz CT molecular complexity index is 749. The molecule has 7 heteroatoms. The second-order valence-corrected chi connectivity index (χ2v) is 5.94. The smallest absolute Gasteiger partial charge is 0.326 e. The number of rotatable bonds is 5. The Morgan fingerprint density at radius 2 is 1.96 bits per heavy atom. The van der Waals surface area contributed by atoms with Gasteiger partial charge in [-0.2, -0.15) is 0 Å². The van der Waals surface area contributed by atoms with Gasteiger partial charge in [-0.05, 0) is 49.2 Å². The Labute approximate surface area is 143 Å². The third-order valence-electron chi connectivity index (χ3n) is 4.18. The van der Waals surface area contributed by atoms with Crippen molar-refractivity contribution < 1.29 is 28.2 Å². The van der Waals surface area contributed by atoms with Gasteiger partial charge in [0.25, 0.3) is 5.91 Å². The molecule has 132 valence electrons. The first kappa shape index (κ1) is 17.2. The van der Waals surface area contributed by atoms with E-state index in [1.807, 2.05) is 0 Å². The minimum Gasteiger partial charge on any atom is -0.480 e. The highest BCUT2D eigenvalue weighted by Gasteiger charge is 2.32. The lowest BCUT2D eigenvalue weighted by atomic mass is 9.93. The average molecular weight is 347 g/mol. The van der Waals surface area contributed by atoms with Gasteiger partial charge in [0.05, 0.1) is 6.61 Å². The summed E-state index contributed by atoms with van der Waals surface area (Å²) in [5.74, 6) is -1.95. The summed E-state index contributed by atoms with van der Waals surface area (Å²) in [4.78, 5) is 23.8. The molecule has 25 heavy (non-hydrogen) atoms. The molecule has 2 aromatic rings. The summed E-state index contributed by atoms with van der Waals surface area (Å²) < 4.78 is 23.8. The fraction of sp³-hybridized carbons (Fsp3) is 0.333. The lowest BCUT2D eigenvalue weighted by Gasteiger charge is -2.27. The van der Waals surface area contributed by atoms with Crippen LogP contribution < -0.4 is 5.32 Å². The molecule has 1 aliphatic heterocycles. The molecule has 2 heterocycles. The number of aliphatic carboxylic acids is 1. The van der Waals surface area contributed by atoms with Crippen molar-refractivity contribution in [3.05, 3.63) is 48.0 Å². The number of furan rings is 1. The molecular formula is C18H18FNO5. The molecule has 2 atom stereocenters. The SMILES string of the molecule is O=C(NC(C(=O)O)C1CCCOC1)c1ccc(-c2ccc(F)cc2)o1. The molecule has 0 bridgehead atoms. The molecule has 1 saturated heterocycles. The lowest BCUT2D eigenvalue weighted by molar-refractivity contribution is -0.142. The van der Waals surface area contributed by atoms with Crippen molar-refractivity contribution in [1.29, 1.82) is 0 Å². The van der Waals surface area contributed by atoms with Crippen molar-refractivity contribution in [2.24, 2.45) is 5.92 Å². The first-order chi connectivity index (χ1) is 12.0. The molecule has 1 amide bonds. The molecule has 2 unspecified atom stereocenters. The summed E-state index contributed by atoms with van der Waals surface area (Å²) >= 11 is 0. The number of carboxylic acids is 1. The van der Waals surface area contributed by atoms with Crippen LogP contribution in [0.1, 0.15) is 23.4 Å². The molecule has 1 aromatic carbocycles. The van der Waals surface area contributed by atoms with E-state index in [-0.39, 0.29) is 17.5 Å². The Morgan fingerprint density at radius 3 is 2.60 bits per heavy atom. The van der Waals surface area contributed by atoms with E-state index in [0.29, 0.717) is 31.0 Å². The molecule has 0 radical (unpaired) electrons. The van der Waals surface area contributed by atoms with E-state index in [0.717, 1.165) is 6.42 Å². The summed E-state index contributed by atoms with van der Waals surface area (Å²) in [6.07, 6.45) is 1.44. The second kappa shape index (κ2) is 7.48. The highest BCUT2D eigenvalue weighted by molar-refractivity contribution is 5.94. The maximum atomic E-state index is 13.0. The van der Waals surface area contributed by atoms with Gasteiger partial charge in [-0.3, -0.25) is 4.79 Å². The van der Waals surface area contributed by atoms with Crippen molar-refractivity contribution >= 4 is 11.9 Å². The first-order valence-electron chi connectivity index (χ1n) is 8.02. The molecule has 1 aliphatic rings. The largest absolute Gasteiger partial charge is 0.480 e. The van der Waals surface area contributed by atoms with Gasteiger partial charge in [-0.1, -0.05) is 0 Å². The van der Waals surface area contributed by atoms with Gasteiger partial charge < -0.3 is 19.6 Å². The fourth-order valence-electron chi connectivity index (χ4n) is 2.85. The number of ether oxygens (including phenoxy) is 1. The molecule has 0 saturated carbocycles. The summed E-state index contributed by atoms with van der Waals surface area (Å²) in [6, 6.07) is 7.67. The third-order valence-corrected chi connectivity index (χ3v) is 4.18. The van der Waals surface area contributed by atoms with E-state index in [2.05, 4.69) is 5.32 Å². The Morgan fingerprint density at radius 1 is 1.20 bits per heavy atom. The minimum absolute atomic E-state index is 0.00213. The molecule has 0 spiro atoms. The van der Waals surface area contributed by atoms with E-state index in [1.165, 1.54) is 30.3 Å². The van der Waals surface area contributed by atoms with Crippen LogP contribution in [-0.4, -0.2) is 36.2 Å². The van der Waals surface area contributed by atoms with Crippen LogP contribution in [0.4, 0.5) is 4.39 Å². The molecule has 1 fully saturated rings. The van der Waals surface area contributed by atoms with E-state index in [4.69, 9.17) is 9.15 Å². The summed E-state index contributed by atoms with van der Waals surface area (Å²) in [6.45, 7) is 0.909. The van der Waals surface area contributed by atoms with Crippen molar-refractivity contribution in [1.82, 2.24) is 5.32 Å². The zero-order chi connectivity index (χ0) is 17.8. The van der Waals surface area contributed by atoms with Crippen LogP contribution in [0, 0.1) is 11.7 Å². The van der Waals surface area contributed by atoms with Crippen LogP contribution in [0.2, 0.25) is 0 Å². The number of hydrogen-bond donors (Lipinski definition) is 2. The van der Waals surface area contributed by atoms with E-state index in [1.54, 1.807) is 6.07 Å².